The van der Waals surface area contributed by atoms with E-state index in [-0.39, 0.29) is 16.3 Å². The average Bonchev–Trinajstić information content (AvgIpc) is 3.21. The molecule has 1 N–H and O–H groups in total. The predicted octanol–water partition coefficient (Wildman–Crippen LogP) is 3.78. The Kier molecular flexibility index (Phi) is 5.49. The van der Waals surface area contributed by atoms with Gasteiger partial charge >= 0.3 is 0 Å². The summed E-state index contributed by atoms with van der Waals surface area (Å²) in [5.74, 6) is -1.50. The van der Waals surface area contributed by atoms with Crippen LogP contribution in [0.2, 0.25) is 0 Å². The highest BCUT2D eigenvalue weighted by atomic mass is 32.2. The summed E-state index contributed by atoms with van der Waals surface area (Å²) in [6.45, 7) is 2.58. The van der Waals surface area contributed by atoms with Gasteiger partial charge in [0.25, 0.3) is 0 Å². The Morgan fingerprint density at radius 2 is 1.92 bits per heavy atom. The molecular formula is C17H17F2N3O2S2. The molecule has 0 fully saturated rings. The Hall–Kier alpha value is -2.10. The van der Waals surface area contributed by atoms with E-state index in [0.29, 0.717) is 0 Å². The lowest BCUT2D eigenvalue weighted by molar-refractivity contribution is 0.572. The number of hydrogen-bond acceptors (Lipinski definition) is 4. The molecule has 138 valence electrons. The van der Waals surface area contributed by atoms with Crippen molar-refractivity contribution in [3.8, 4) is 11.3 Å². The summed E-state index contributed by atoms with van der Waals surface area (Å²) in [6.07, 6.45) is 2.59. The van der Waals surface area contributed by atoms with E-state index in [4.69, 9.17) is 0 Å². The third kappa shape index (κ3) is 4.17. The van der Waals surface area contributed by atoms with Crippen molar-refractivity contribution in [3.63, 3.8) is 0 Å². The molecule has 5 nitrogen and oxygen atoms in total. The van der Waals surface area contributed by atoms with E-state index in [1.54, 1.807) is 17.6 Å². The molecule has 0 unspecified atom stereocenters. The molecule has 0 bridgehead atoms. The van der Waals surface area contributed by atoms with Gasteiger partial charge in [-0.15, -0.1) is 11.3 Å². The highest BCUT2D eigenvalue weighted by Crippen LogP contribution is 2.28. The molecule has 0 aliphatic rings. The first-order chi connectivity index (χ1) is 12.4. The molecule has 0 saturated heterocycles. The van der Waals surface area contributed by atoms with Crippen molar-refractivity contribution >= 4 is 21.4 Å². The Bertz CT molecular complexity index is 992. The first-order valence-corrected chi connectivity index (χ1v) is 10.3. The zero-order valence-electron chi connectivity index (χ0n) is 13.9. The van der Waals surface area contributed by atoms with E-state index in [2.05, 4.69) is 9.82 Å². The van der Waals surface area contributed by atoms with Gasteiger partial charge in [0.2, 0.25) is 10.0 Å². The van der Waals surface area contributed by atoms with Crippen LogP contribution in [0.4, 0.5) is 8.78 Å². The molecule has 2 heterocycles. The van der Waals surface area contributed by atoms with E-state index in [1.807, 2.05) is 17.7 Å². The Morgan fingerprint density at radius 1 is 1.19 bits per heavy atom. The number of thiophene rings is 1. The van der Waals surface area contributed by atoms with E-state index in [0.717, 1.165) is 53.8 Å². The largest absolute Gasteiger partial charge is 0.265 e. The lowest BCUT2D eigenvalue weighted by Crippen LogP contribution is -2.22. The van der Waals surface area contributed by atoms with Crippen molar-refractivity contribution in [3.05, 3.63) is 59.1 Å². The fourth-order valence-corrected chi connectivity index (χ4v) is 4.76. The van der Waals surface area contributed by atoms with Gasteiger partial charge in [-0.25, -0.2) is 21.9 Å². The van der Waals surface area contributed by atoms with Gasteiger partial charge in [0.15, 0.2) is 0 Å². The van der Waals surface area contributed by atoms with Crippen molar-refractivity contribution in [2.45, 2.75) is 30.6 Å². The molecule has 9 heteroatoms. The van der Waals surface area contributed by atoms with Crippen molar-refractivity contribution in [2.75, 3.05) is 0 Å². The van der Waals surface area contributed by atoms with Crippen LogP contribution in [0, 0.1) is 11.6 Å². The number of benzene rings is 1. The number of nitrogens with one attached hydrogen (secondary N) is 1. The van der Waals surface area contributed by atoms with Crippen molar-refractivity contribution in [1.29, 1.82) is 0 Å². The standard InChI is InChI=1S/C17H17F2N3O2S2/c1-2-5-22-16(3-4-20-22)13-8-17(25-11-13)26(23,24)21-10-12-6-14(18)9-15(19)7-12/h3-4,6-9,11,21H,2,5,10H2,1H3. The second-order valence-corrected chi connectivity index (χ2v) is 8.60. The lowest BCUT2D eigenvalue weighted by atomic mass is 10.2. The monoisotopic (exact) mass is 397 g/mol. The Morgan fingerprint density at radius 3 is 2.62 bits per heavy atom. The third-order valence-corrected chi connectivity index (χ3v) is 6.52. The summed E-state index contributed by atoms with van der Waals surface area (Å²) >= 11 is 1.08. The molecule has 3 aromatic rings. The molecule has 0 aliphatic carbocycles. The summed E-state index contributed by atoms with van der Waals surface area (Å²) in [5.41, 5.74) is 1.82. The summed E-state index contributed by atoms with van der Waals surface area (Å²) in [4.78, 5) is 0. The zero-order valence-corrected chi connectivity index (χ0v) is 15.6. The van der Waals surface area contributed by atoms with E-state index >= 15 is 0 Å². The number of hydrogen-bond donors (Lipinski definition) is 1. The highest BCUT2D eigenvalue weighted by Gasteiger charge is 2.18. The van der Waals surface area contributed by atoms with E-state index in [1.165, 1.54) is 0 Å². The molecule has 1 aromatic carbocycles. The maximum absolute atomic E-state index is 13.2. The third-order valence-electron chi connectivity index (χ3n) is 3.68. The first kappa shape index (κ1) is 18.7. The van der Waals surface area contributed by atoms with Gasteiger partial charge in [-0.2, -0.15) is 5.10 Å². The maximum Gasteiger partial charge on any atom is 0.250 e. The number of nitrogens with zero attached hydrogens (tertiary/aromatic N) is 2. The van der Waals surface area contributed by atoms with Gasteiger partial charge in [-0.05, 0) is 36.2 Å². The maximum atomic E-state index is 13.2. The minimum atomic E-state index is -3.79. The summed E-state index contributed by atoms with van der Waals surface area (Å²) in [7, 11) is -3.79. The van der Waals surface area contributed by atoms with Crippen molar-refractivity contribution in [1.82, 2.24) is 14.5 Å². The number of rotatable bonds is 7. The Labute approximate surface area is 154 Å². The van der Waals surface area contributed by atoms with Crippen LogP contribution in [0.25, 0.3) is 11.3 Å². The Balaban J connectivity index is 1.78. The van der Waals surface area contributed by atoms with Crippen LogP contribution in [0.5, 0.6) is 0 Å². The number of aromatic nitrogens is 2. The van der Waals surface area contributed by atoms with Gasteiger partial charge in [0.05, 0.1) is 5.69 Å². The smallest absolute Gasteiger partial charge is 0.250 e. The zero-order chi connectivity index (χ0) is 18.7. The van der Waals surface area contributed by atoms with Crippen molar-refractivity contribution in [2.24, 2.45) is 0 Å². The molecule has 3 rings (SSSR count). The average molecular weight is 397 g/mol. The van der Waals surface area contributed by atoms with Crippen LogP contribution in [0.1, 0.15) is 18.9 Å². The van der Waals surface area contributed by atoms with Crippen LogP contribution in [-0.2, 0) is 23.1 Å². The van der Waals surface area contributed by atoms with E-state index < -0.39 is 21.7 Å². The number of aryl methyl sites for hydroxylation is 1. The van der Waals surface area contributed by atoms with Gasteiger partial charge in [-0.1, -0.05) is 6.92 Å². The topological polar surface area (TPSA) is 64.0 Å². The van der Waals surface area contributed by atoms with Gasteiger partial charge in [0, 0.05) is 36.3 Å². The molecule has 0 saturated carbocycles. The normalized spacial score (nSPS) is 11.8. The predicted molar refractivity (Wildman–Crippen MR) is 96.2 cm³/mol. The lowest BCUT2D eigenvalue weighted by Gasteiger charge is -2.06. The quantitative estimate of drug-likeness (QED) is 0.660. The van der Waals surface area contributed by atoms with Gasteiger partial charge in [-0.3, -0.25) is 4.68 Å². The number of sulfonamides is 1. The molecule has 2 aromatic heterocycles. The van der Waals surface area contributed by atoms with Gasteiger partial charge < -0.3 is 0 Å². The minimum absolute atomic E-state index is 0.133. The van der Waals surface area contributed by atoms with Crippen LogP contribution < -0.4 is 4.72 Å². The molecule has 0 radical (unpaired) electrons. The fourth-order valence-electron chi connectivity index (χ4n) is 2.52. The van der Waals surface area contributed by atoms with Gasteiger partial charge in [0.1, 0.15) is 15.8 Å². The fraction of sp³-hybridized carbons (Fsp3) is 0.235. The minimum Gasteiger partial charge on any atom is -0.265 e. The van der Waals surface area contributed by atoms with Crippen molar-refractivity contribution < 1.29 is 17.2 Å². The first-order valence-electron chi connectivity index (χ1n) is 7.94. The van der Waals surface area contributed by atoms with Crippen LogP contribution in [-0.4, -0.2) is 18.2 Å². The molecule has 0 amide bonds. The van der Waals surface area contributed by atoms with E-state index in [9.17, 15) is 17.2 Å². The molecule has 0 spiro atoms. The second kappa shape index (κ2) is 7.65. The summed E-state index contributed by atoms with van der Waals surface area (Å²) in [6, 6.07) is 6.33. The molecule has 0 atom stereocenters. The van der Waals surface area contributed by atoms with Crippen LogP contribution in [0.3, 0.4) is 0 Å². The van der Waals surface area contributed by atoms with Crippen LogP contribution in [0.15, 0.2) is 46.1 Å². The molecule has 0 aliphatic heterocycles. The number of halogens is 2. The SMILES string of the molecule is CCCn1nccc1-c1csc(S(=O)(=O)NCc2cc(F)cc(F)c2)c1. The summed E-state index contributed by atoms with van der Waals surface area (Å²) < 4.78 is 55.7. The molecular weight excluding hydrogens is 380 g/mol. The van der Waals surface area contributed by atoms with Crippen LogP contribution >= 0.6 is 11.3 Å². The summed E-state index contributed by atoms with van der Waals surface area (Å²) in [5, 5.41) is 5.98. The second-order valence-electron chi connectivity index (χ2n) is 5.70. The molecule has 26 heavy (non-hydrogen) atoms. The highest BCUT2D eigenvalue weighted by molar-refractivity contribution is 7.91.